The number of hydrogen-bond donors (Lipinski definition) is 2. The van der Waals surface area contributed by atoms with E-state index in [1.807, 2.05) is 34.7 Å². The van der Waals surface area contributed by atoms with Crippen molar-refractivity contribution in [2.45, 2.75) is 6.61 Å². The monoisotopic (exact) mass is 604 g/mol. The predicted octanol–water partition coefficient (Wildman–Crippen LogP) is 4.90. The van der Waals surface area contributed by atoms with Crippen LogP contribution in [-0.4, -0.2) is 30.1 Å². The number of carbonyl (C=O) groups is 3. The first-order valence-electron chi connectivity index (χ1n) is 10.2. The van der Waals surface area contributed by atoms with E-state index in [9.17, 15) is 19.5 Å². The van der Waals surface area contributed by atoms with Crippen LogP contribution in [0.1, 0.15) is 11.1 Å². The van der Waals surface area contributed by atoms with Gasteiger partial charge in [0.1, 0.15) is 17.9 Å². The Balaban J connectivity index is 1.55. The minimum absolute atomic E-state index is 0.0511. The van der Waals surface area contributed by atoms with E-state index in [4.69, 9.17) is 21.1 Å². The number of nitrogens with one attached hydrogen (secondary N) is 1. The number of aromatic hydroxyl groups is 1. The first-order chi connectivity index (χ1) is 16.8. The minimum Gasteiger partial charge on any atom is -0.504 e. The molecule has 10 heteroatoms. The number of halogens is 2. The largest absolute Gasteiger partial charge is 0.504 e. The van der Waals surface area contributed by atoms with E-state index in [2.05, 4.69) is 5.32 Å². The van der Waals surface area contributed by atoms with E-state index in [-0.39, 0.29) is 22.8 Å². The molecule has 4 amide bonds. The number of phenolic OH excluding ortho intramolecular Hbond substituents is 1. The normalized spacial score (nSPS) is 14.8. The molecule has 0 radical (unpaired) electrons. The number of benzene rings is 3. The summed E-state index contributed by atoms with van der Waals surface area (Å²) in [7, 11) is 1.39. The lowest BCUT2D eigenvalue weighted by Gasteiger charge is -2.26. The van der Waals surface area contributed by atoms with Crippen molar-refractivity contribution in [2.24, 2.45) is 0 Å². The van der Waals surface area contributed by atoms with Gasteiger partial charge in [-0.2, -0.15) is 0 Å². The van der Waals surface area contributed by atoms with Crippen LogP contribution in [0, 0.1) is 3.57 Å². The number of carbonyl (C=O) groups excluding carboxylic acids is 3. The fourth-order valence-electron chi connectivity index (χ4n) is 3.33. The minimum atomic E-state index is -0.857. The highest BCUT2D eigenvalue weighted by Gasteiger charge is 2.36. The number of barbiturate groups is 1. The highest BCUT2D eigenvalue weighted by Crippen LogP contribution is 2.33. The molecule has 2 N–H and O–H groups in total. The number of rotatable bonds is 6. The topological polar surface area (TPSA) is 105 Å². The lowest BCUT2D eigenvalue weighted by Crippen LogP contribution is -2.54. The third-order valence-electron chi connectivity index (χ3n) is 5.10. The summed E-state index contributed by atoms with van der Waals surface area (Å²) in [5.74, 6) is -0.928. The van der Waals surface area contributed by atoms with Crippen molar-refractivity contribution in [2.75, 3.05) is 12.0 Å². The number of ether oxygens (including phenoxy) is 2. The Hall–Kier alpha value is -3.57. The van der Waals surface area contributed by atoms with Crippen molar-refractivity contribution in [3.8, 4) is 17.2 Å². The molecule has 0 atom stereocenters. The molecule has 0 unspecified atom stereocenters. The number of methoxy groups -OCH3 is 1. The van der Waals surface area contributed by atoms with E-state index in [1.165, 1.54) is 19.3 Å². The number of anilines is 1. The van der Waals surface area contributed by atoms with Gasteiger partial charge in [-0.05, 0) is 88.3 Å². The fourth-order valence-corrected chi connectivity index (χ4v) is 4.08. The molecule has 1 aliphatic rings. The third-order valence-corrected chi connectivity index (χ3v) is 6.17. The molecule has 0 aromatic heterocycles. The second-order valence-electron chi connectivity index (χ2n) is 7.42. The molecule has 178 valence electrons. The maximum Gasteiger partial charge on any atom is 0.335 e. The second kappa shape index (κ2) is 10.4. The maximum atomic E-state index is 13.1. The number of hydrogen-bond acceptors (Lipinski definition) is 6. The molecule has 0 aliphatic carbocycles. The molecular formula is C25H18ClIN2O6. The Morgan fingerprint density at radius 3 is 2.40 bits per heavy atom. The van der Waals surface area contributed by atoms with Crippen molar-refractivity contribution in [3.05, 3.63) is 86.0 Å². The Morgan fingerprint density at radius 1 is 1.06 bits per heavy atom. The summed E-state index contributed by atoms with van der Waals surface area (Å²) in [5.41, 5.74) is 1.40. The second-order valence-corrected chi connectivity index (χ2v) is 9.02. The first-order valence-corrected chi connectivity index (χ1v) is 11.7. The highest BCUT2D eigenvalue weighted by atomic mass is 127. The van der Waals surface area contributed by atoms with Crippen molar-refractivity contribution in [1.82, 2.24) is 5.32 Å². The summed E-state index contributed by atoms with van der Waals surface area (Å²) < 4.78 is 11.3. The lowest BCUT2D eigenvalue weighted by atomic mass is 10.1. The number of urea groups is 1. The fraction of sp³-hybridized carbons (Fsp3) is 0.0800. The van der Waals surface area contributed by atoms with Gasteiger partial charge in [0, 0.05) is 5.02 Å². The van der Waals surface area contributed by atoms with Crippen LogP contribution < -0.4 is 19.7 Å². The number of imide groups is 2. The van der Waals surface area contributed by atoms with Crippen LogP contribution in [-0.2, 0) is 16.2 Å². The van der Waals surface area contributed by atoms with Crippen LogP contribution in [0.3, 0.4) is 0 Å². The van der Waals surface area contributed by atoms with Gasteiger partial charge in [0.2, 0.25) is 0 Å². The Kier molecular flexibility index (Phi) is 7.27. The molecule has 1 heterocycles. The summed E-state index contributed by atoms with van der Waals surface area (Å²) in [6, 6.07) is 15.8. The SMILES string of the molecule is COc1cc(/C=C2\C(=O)NC(=O)N(c3ccc(OCc4ccc(Cl)cc4)cc3)C2=O)cc(I)c1O. The van der Waals surface area contributed by atoms with E-state index >= 15 is 0 Å². The molecule has 3 aromatic rings. The van der Waals surface area contributed by atoms with E-state index in [1.54, 1.807) is 42.5 Å². The van der Waals surface area contributed by atoms with Gasteiger partial charge in [-0.3, -0.25) is 14.9 Å². The third kappa shape index (κ3) is 5.41. The average molecular weight is 605 g/mol. The van der Waals surface area contributed by atoms with Crippen molar-refractivity contribution < 1.29 is 29.0 Å². The smallest absolute Gasteiger partial charge is 0.335 e. The summed E-state index contributed by atoms with van der Waals surface area (Å²) in [6.07, 6.45) is 1.34. The summed E-state index contributed by atoms with van der Waals surface area (Å²) >= 11 is 7.80. The number of amides is 4. The quantitative estimate of drug-likeness (QED) is 0.236. The molecule has 4 rings (SSSR count). The number of phenols is 1. The summed E-state index contributed by atoms with van der Waals surface area (Å²) in [4.78, 5) is 38.9. The van der Waals surface area contributed by atoms with Crippen molar-refractivity contribution in [1.29, 1.82) is 0 Å². The molecule has 0 saturated carbocycles. The van der Waals surface area contributed by atoms with Crippen LogP contribution >= 0.6 is 34.2 Å². The van der Waals surface area contributed by atoms with Gasteiger partial charge >= 0.3 is 6.03 Å². The van der Waals surface area contributed by atoms with Crippen LogP contribution in [0.25, 0.3) is 6.08 Å². The van der Waals surface area contributed by atoms with Crippen molar-refractivity contribution >= 4 is 63.8 Å². The van der Waals surface area contributed by atoms with Gasteiger partial charge in [0.25, 0.3) is 11.8 Å². The zero-order chi connectivity index (χ0) is 25.1. The highest BCUT2D eigenvalue weighted by molar-refractivity contribution is 14.1. The molecule has 0 bridgehead atoms. The molecule has 1 aliphatic heterocycles. The van der Waals surface area contributed by atoms with Gasteiger partial charge in [0.15, 0.2) is 11.5 Å². The van der Waals surface area contributed by atoms with E-state index < -0.39 is 17.8 Å². The molecule has 3 aromatic carbocycles. The van der Waals surface area contributed by atoms with Gasteiger partial charge < -0.3 is 14.6 Å². The maximum absolute atomic E-state index is 13.1. The number of nitrogens with zero attached hydrogens (tertiary/aromatic N) is 1. The molecule has 35 heavy (non-hydrogen) atoms. The van der Waals surface area contributed by atoms with Gasteiger partial charge in [-0.1, -0.05) is 23.7 Å². The summed E-state index contributed by atoms with van der Waals surface area (Å²) in [6.45, 7) is 0.315. The standard InChI is InChI=1S/C25H18ClIN2O6/c1-34-21-12-15(11-20(27)22(21)30)10-19-23(31)28-25(33)29(24(19)32)17-6-8-18(9-7-17)35-13-14-2-4-16(26)5-3-14/h2-12,30H,13H2,1H3,(H,28,31,33)/b19-10+. The van der Waals surface area contributed by atoms with Crippen LogP contribution in [0.15, 0.2) is 66.2 Å². The molecule has 1 fully saturated rings. The molecule has 8 nitrogen and oxygen atoms in total. The lowest BCUT2D eigenvalue weighted by molar-refractivity contribution is -0.122. The van der Waals surface area contributed by atoms with Crippen LogP contribution in [0.5, 0.6) is 17.2 Å². The Morgan fingerprint density at radius 2 is 1.74 bits per heavy atom. The van der Waals surface area contributed by atoms with E-state index in [0.29, 0.717) is 26.5 Å². The van der Waals surface area contributed by atoms with Crippen LogP contribution in [0.2, 0.25) is 5.02 Å². The molecule has 1 saturated heterocycles. The first kappa shape index (κ1) is 24.6. The van der Waals surface area contributed by atoms with E-state index in [0.717, 1.165) is 10.5 Å². The van der Waals surface area contributed by atoms with Crippen molar-refractivity contribution in [3.63, 3.8) is 0 Å². The van der Waals surface area contributed by atoms with Crippen LogP contribution in [0.4, 0.5) is 10.5 Å². The summed E-state index contributed by atoms with van der Waals surface area (Å²) in [5, 5.41) is 12.8. The average Bonchev–Trinajstić information content (AvgIpc) is 2.84. The predicted molar refractivity (Wildman–Crippen MR) is 139 cm³/mol. The van der Waals surface area contributed by atoms with Gasteiger partial charge in [-0.25, -0.2) is 9.69 Å². The Labute approximate surface area is 219 Å². The zero-order valence-corrected chi connectivity index (χ0v) is 21.2. The molecule has 0 spiro atoms. The molecular weight excluding hydrogens is 587 g/mol. The van der Waals surface area contributed by atoms with Gasteiger partial charge in [-0.15, -0.1) is 0 Å². The van der Waals surface area contributed by atoms with Gasteiger partial charge in [0.05, 0.1) is 16.4 Å². The Bertz CT molecular complexity index is 1340. The zero-order valence-electron chi connectivity index (χ0n) is 18.2.